The fourth-order valence-electron chi connectivity index (χ4n) is 2.84. The summed E-state index contributed by atoms with van der Waals surface area (Å²) < 4.78 is 0. The first-order valence-electron chi connectivity index (χ1n) is 7.68. The fourth-order valence-corrected chi connectivity index (χ4v) is 2.84. The molecule has 22 heavy (non-hydrogen) atoms. The predicted molar refractivity (Wildman–Crippen MR) is 88.1 cm³/mol. The van der Waals surface area contributed by atoms with Crippen LogP contribution in [0.3, 0.4) is 0 Å². The summed E-state index contributed by atoms with van der Waals surface area (Å²) in [6.07, 6.45) is 0.940. The minimum atomic E-state index is -0.112. The van der Waals surface area contributed by atoms with Gasteiger partial charge in [0.15, 0.2) is 0 Å². The molecule has 3 rings (SSSR count). The van der Waals surface area contributed by atoms with E-state index in [0.29, 0.717) is 18.0 Å². The normalized spacial score (nSPS) is 13.2. The number of benzene rings is 2. The first-order valence-corrected chi connectivity index (χ1v) is 7.68. The number of rotatable bonds is 5. The first-order chi connectivity index (χ1) is 10.6. The minimum Gasteiger partial charge on any atom is -0.355 e. The predicted octanol–water partition coefficient (Wildman–Crippen LogP) is 2.96. The average Bonchev–Trinajstić information content (AvgIpc) is 2.75. The molecule has 0 bridgehead atoms. The quantitative estimate of drug-likeness (QED) is 0.922. The maximum atomic E-state index is 12.5. The Bertz CT molecular complexity index is 732. The molecule has 0 unspecified atom stereocenters. The third-order valence-electron chi connectivity index (χ3n) is 3.99. The minimum absolute atomic E-state index is 0.0741. The van der Waals surface area contributed by atoms with Crippen LogP contribution in [-0.4, -0.2) is 24.9 Å². The number of anilines is 1. The van der Waals surface area contributed by atoms with Crippen LogP contribution in [0.25, 0.3) is 10.8 Å². The van der Waals surface area contributed by atoms with E-state index in [-0.39, 0.29) is 18.4 Å². The van der Waals surface area contributed by atoms with E-state index in [1.54, 1.807) is 4.90 Å². The lowest BCUT2D eigenvalue weighted by molar-refractivity contribution is -0.119. The lowest BCUT2D eigenvalue weighted by Crippen LogP contribution is -2.39. The Hall–Kier alpha value is -2.36. The van der Waals surface area contributed by atoms with Crippen molar-refractivity contribution in [2.75, 3.05) is 18.0 Å². The zero-order chi connectivity index (χ0) is 15.7. The number of carbonyl (C=O) groups excluding carboxylic acids is 2. The van der Waals surface area contributed by atoms with Crippen molar-refractivity contribution in [3.63, 3.8) is 0 Å². The summed E-state index contributed by atoms with van der Waals surface area (Å²) in [5, 5.41) is 4.87. The van der Waals surface area contributed by atoms with E-state index < -0.39 is 0 Å². The van der Waals surface area contributed by atoms with Crippen LogP contribution in [0.1, 0.15) is 30.6 Å². The van der Waals surface area contributed by atoms with Crippen molar-refractivity contribution in [3.05, 3.63) is 42.0 Å². The Labute approximate surface area is 130 Å². The molecule has 1 aliphatic rings. The Balaban J connectivity index is 1.78. The maximum Gasteiger partial charge on any atom is 0.259 e. The molecule has 2 amide bonds. The largest absolute Gasteiger partial charge is 0.355 e. The highest BCUT2D eigenvalue weighted by molar-refractivity contribution is 6.26. The summed E-state index contributed by atoms with van der Waals surface area (Å²) in [4.78, 5) is 26.2. The molecule has 0 saturated carbocycles. The van der Waals surface area contributed by atoms with Crippen LogP contribution in [0.15, 0.2) is 36.4 Å². The standard InChI is InChI=1S/C18H20N2O2/c1-12(2)9-10-19-16(21)11-20-15-8-4-6-13-5-3-7-14(17(13)15)18(20)22/h3-8,12H,9-11H2,1-2H3,(H,19,21). The molecule has 0 spiro atoms. The second-order valence-corrected chi connectivity index (χ2v) is 6.10. The Morgan fingerprint density at radius 1 is 1.18 bits per heavy atom. The fraction of sp³-hybridized carbons (Fsp3) is 0.333. The van der Waals surface area contributed by atoms with Gasteiger partial charge in [0, 0.05) is 17.5 Å². The number of nitrogens with one attached hydrogen (secondary N) is 1. The van der Waals surface area contributed by atoms with Gasteiger partial charge in [0.05, 0.1) is 5.69 Å². The Morgan fingerprint density at radius 3 is 2.64 bits per heavy atom. The number of nitrogens with zero attached hydrogens (tertiary/aromatic N) is 1. The Morgan fingerprint density at radius 2 is 1.91 bits per heavy atom. The number of hydrogen-bond donors (Lipinski definition) is 1. The highest BCUT2D eigenvalue weighted by atomic mass is 16.2. The van der Waals surface area contributed by atoms with Crippen molar-refractivity contribution in [2.45, 2.75) is 20.3 Å². The van der Waals surface area contributed by atoms with E-state index in [1.165, 1.54) is 0 Å². The van der Waals surface area contributed by atoms with Crippen LogP contribution >= 0.6 is 0 Å². The van der Waals surface area contributed by atoms with Crippen molar-refractivity contribution in [1.29, 1.82) is 0 Å². The molecule has 4 heteroatoms. The van der Waals surface area contributed by atoms with Gasteiger partial charge in [-0.3, -0.25) is 14.5 Å². The molecule has 1 N–H and O–H groups in total. The van der Waals surface area contributed by atoms with Crippen LogP contribution in [0.4, 0.5) is 5.69 Å². The number of amides is 2. The zero-order valence-corrected chi connectivity index (χ0v) is 12.9. The van der Waals surface area contributed by atoms with Gasteiger partial charge in [-0.2, -0.15) is 0 Å². The summed E-state index contributed by atoms with van der Waals surface area (Å²) in [5.74, 6) is 0.344. The van der Waals surface area contributed by atoms with Crippen LogP contribution in [0.2, 0.25) is 0 Å². The molecule has 0 fully saturated rings. The molecule has 2 aromatic rings. The molecule has 2 aromatic carbocycles. The van der Waals surface area contributed by atoms with Crippen LogP contribution in [-0.2, 0) is 4.79 Å². The monoisotopic (exact) mass is 296 g/mol. The maximum absolute atomic E-state index is 12.5. The van der Waals surface area contributed by atoms with Gasteiger partial charge in [-0.15, -0.1) is 0 Å². The molecule has 0 aliphatic carbocycles. The van der Waals surface area contributed by atoms with Crippen molar-refractivity contribution in [1.82, 2.24) is 5.32 Å². The molecule has 1 heterocycles. The topological polar surface area (TPSA) is 49.4 Å². The van der Waals surface area contributed by atoms with Crippen LogP contribution in [0, 0.1) is 5.92 Å². The van der Waals surface area contributed by atoms with Gasteiger partial charge >= 0.3 is 0 Å². The van der Waals surface area contributed by atoms with E-state index in [1.807, 2.05) is 36.4 Å². The van der Waals surface area contributed by atoms with E-state index in [9.17, 15) is 9.59 Å². The van der Waals surface area contributed by atoms with Gasteiger partial charge in [-0.05, 0) is 29.9 Å². The van der Waals surface area contributed by atoms with Gasteiger partial charge in [-0.1, -0.05) is 38.1 Å². The number of hydrogen-bond acceptors (Lipinski definition) is 2. The molecular formula is C18H20N2O2. The van der Waals surface area contributed by atoms with Gasteiger partial charge in [-0.25, -0.2) is 0 Å². The van der Waals surface area contributed by atoms with Crippen molar-refractivity contribution in [2.24, 2.45) is 5.92 Å². The molecule has 114 valence electrons. The molecule has 1 aliphatic heterocycles. The summed E-state index contributed by atoms with van der Waals surface area (Å²) in [6, 6.07) is 11.5. The third-order valence-corrected chi connectivity index (χ3v) is 3.99. The SMILES string of the molecule is CC(C)CCNC(=O)CN1C(=O)c2cccc3cccc1c23. The highest BCUT2D eigenvalue weighted by Crippen LogP contribution is 2.36. The second kappa shape index (κ2) is 5.79. The molecule has 4 nitrogen and oxygen atoms in total. The smallest absolute Gasteiger partial charge is 0.259 e. The van der Waals surface area contributed by atoms with Gasteiger partial charge < -0.3 is 5.32 Å². The van der Waals surface area contributed by atoms with E-state index >= 15 is 0 Å². The lowest BCUT2D eigenvalue weighted by Gasteiger charge is -2.17. The van der Waals surface area contributed by atoms with E-state index in [2.05, 4.69) is 19.2 Å². The van der Waals surface area contributed by atoms with E-state index in [4.69, 9.17) is 0 Å². The van der Waals surface area contributed by atoms with Crippen molar-refractivity contribution < 1.29 is 9.59 Å². The van der Waals surface area contributed by atoms with Gasteiger partial charge in [0.2, 0.25) is 5.91 Å². The molecule has 0 aromatic heterocycles. The van der Waals surface area contributed by atoms with Crippen LogP contribution < -0.4 is 10.2 Å². The van der Waals surface area contributed by atoms with Gasteiger partial charge in [0.25, 0.3) is 5.91 Å². The second-order valence-electron chi connectivity index (χ2n) is 6.10. The van der Waals surface area contributed by atoms with Crippen molar-refractivity contribution >= 4 is 28.3 Å². The average molecular weight is 296 g/mol. The highest BCUT2D eigenvalue weighted by Gasteiger charge is 2.30. The molecule has 0 saturated heterocycles. The molecular weight excluding hydrogens is 276 g/mol. The Kier molecular flexibility index (Phi) is 3.84. The summed E-state index contributed by atoms with van der Waals surface area (Å²) in [7, 11) is 0. The molecule has 0 radical (unpaired) electrons. The van der Waals surface area contributed by atoms with Crippen LogP contribution in [0.5, 0.6) is 0 Å². The van der Waals surface area contributed by atoms with Crippen molar-refractivity contribution in [3.8, 4) is 0 Å². The first kappa shape index (κ1) is 14.6. The lowest BCUT2D eigenvalue weighted by atomic mass is 10.1. The van der Waals surface area contributed by atoms with Gasteiger partial charge in [0.1, 0.15) is 6.54 Å². The zero-order valence-electron chi connectivity index (χ0n) is 12.9. The summed E-state index contributed by atoms with van der Waals surface area (Å²) >= 11 is 0. The summed E-state index contributed by atoms with van der Waals surface area (Å²) in [6.45, 7) is 4.96. The molecule has 0 atom stereocenters. The van der Waals surface area contributed by atoms with E-state index in [0.717, 1.165) is 22.9 Å². The number of carbonyl (C=O) groups is 2. The third kappa shape index (κ3) is 2.56. The summed E-state index contributed by atoms with van der Waals surface area (Å²) in [5.41, 5.74) is 1.51.